The van der Waals surface area contributed by atoms with E-state index in [1.54, 1.807) is 24.3 Å². The lowest BCUT2D eigenvalue weighted by Gasteiger charge is -2.19. The van der Waals surface area contributed by atoms with Crippen molar-refractivity contribution >= 4 is 5.91 Å². The van der Waals surface area contributed by atoms with Crippen molar-refractivity contribution in [2.75, 3.05) is 13.2 Å². The monoisotopic (exact) mass is 327 g/mol. The average molecular weight is 327 g/mol. The first-order valence-electron chi connectivity index (χ1n) is 8.12. The van der Waals surface area contributed by atoms with E-state index in [9.17, 15) is 4.79 Å². The van der Waals surface area contributed by atoms with Crippen molar-refractivity contribution < 1.29 is 14.3 Å². The van der Waals surface area contributed by atoms with Crippen molar-refractivity contribution in [3.8, 4) is 11.5 Å². The maximum Gasteiger partial charge on any atom is 0.248 e. The zero-order valence-corrected chi connectivity index (χ0v) is 14.5. The van der Waals surface area contributed by atoms with E-state index >= 15 is 0 Å². The van der Waals surface area contributed by atoms with E-state index in [-0.39, 0.29) is 5.41 Å². The smallest absolute Gasteiger partial charge is 0.248 e. The highest BCUT2D eigenvalue weighted by Crippen LogP contribution is 2.24. The molecule has 0 fully saturated rings. The number of amides is 1. The highest BCUT2D eigenvalue weighted by molar-refractivity contribution is 5.92. The molecule has 0 heterocycles. The molecule has 2 N–H and O–H groups in total. The summed E-state index contributed by atoms with van der Waals surface area (Å²) in [5, 5.41) is 0. The van der Waals surface area contributed by atoms with Crippen LogP contribution in [0.5, 0.6) is 11.5 Å². The molecule has 0 spiro atoms. The van der Waals surface area contributed by atoms with E-state index in [2.05, 4.69) is 32.9 Å². The second-order valence-corrected chi connectivity index (χ2v) is 6.71. The number of carbonyl (C=O) groups is 1. The minimum Gasteiger partial charge on any atom is -0.493 e. The van der Waals surface area contributed by atoms with Crippen LogP contribution in [-0.4, -0.2) is 19.1 Å². The van der Waals surface area contributed by atoms with Gasteiger partial charge in [0.15, 0.2) is 0 Å². The van der Waals surface area contributed by atoms with Crippen LogP contribution in [0.25, 0.3) is 0 Å². The predicted octanol–water partition coefficient (Wildman–Crippen LogP) is 3.93. The maximum atomic E-state index is 11.0. The first-order chi connectivity index (χ1) is 11.4. The van der Waals surface area contributed by atoms with E-state index in [0.717, 1.165) is 17.9 Å². The third kappa shape index (κ3) is 5.30. The molecule has 0 aliphatic rings. The number of hydrogen-bond donors (Lipinski definition) is 1. The third-order valence-corrected chi connectivity index (χ3v) is 3.69. The summed E-state index contributed by atoms with van der Waals surface area (Å²) in [5.74, 6) is 1.15. The summed E-state index contributed by atoms with van der Waals surface area (Å²) in [4.78, 5) is 11.0. The van der Waals surface area contributed by atoms with Crippen LogP contribution in [0.3, 0.4) is 0 Å². The van der Waals surface area contributed by atoms with Crippen LogP contribution in [-0.2, 0) is 5.41 Å². The Bertz CT molecular complexity index is 655. The first-order valence-corrected chi connectivity index (χ1v) is 8.12. The summed E-state index contributed by atoms with van der Waals surface area (Å²) in [5.41, 5.74) is 7.11. The largest absolute Gasteiger partial charge is 0.493 e. The molecule has 0 saturated carbocycles. The predicted molar refractivity (Wildman–Crippen MR) is 95.7 cm³/mol. The standard InChI is InChI=1S/C20H25NO3/c1-20(2,3)16-7-11-18(12-8-16)24-14-4-13-23-17-9-5-15(6-10-17)19(21)22/h5-12H,4,13-14H2,1-3H3,(H2,21,22). The summed E-state index contributed by atoms with van der Waals surface area (Å²) in [6, 6.07) is 15.0. The Morgan fingerprint density at radius 3 is 1.75 bits per heavy atom. The zero-order chi connectivity index (χ0) is 17.6. The van der Waals surface area contributed by atoms with Crippen molar-refractivity contribution in [3.05, 3.63) is 59.7 Å². The molecule has 0 radical (unpaired) electrons. The van der Waals surface area contributed by atoms with Gasteiger partial charge in [0, 0.05) is 12.0 Å². The fraction of sp³-hybridized carbons (Fsp3) is 0.350. The quantitative estimate of drug-likeness (QED) is 0.784. The molecule has 2 rings (SSSR count). The fourth-order valence-electron chi connectivity index (χ4n) is 2.21. The lowest BCUT2D eigenvalue weighted by Crippen LogP contribution is -2.11. The molecule has 24 heavy (non-hydrogen) atoms. The van der Waals surface area contributed by atoms with Crippen molar-refractivity contribution in [1.82, 2.24) is 0 Å². The van der Waals surface area contributed by atoms with Gasteiger partial charge < -0.3 is 15.2 Å². The van der Waals surface area contributed by atoms with Gasteiger partial charge in [-0.05, 0) is 47.4 Å². The van der Waals surface area contributed by atoms with Crippen LogP contribution >= 0.6 is 0 Å². The van der Waals surface area contributed by atoms with Gasteiger partial charge in [0.2, 0.25) is 5.91 Å². The number of rotatable bonds is 7. The average Bonchev–Trinajstić information content (AvgIpc) is 2.54. The van der Waals surface area contributed by atoms with Gasteiger partial charge in [-0.2, -0.15) is 0 Å². The number of nitrogens with two attached hydrogens (primary N) is 1. The molecule has 4 heteroatoms. The Morgan fingerprint density at radius 1 is 0.875 bits per heavy atom. The number of hydrogen-bond acceptors (Lipinski definition) is 3. The molecule has 0 bridgehead atoms. The zero-order valence-electron chi connectivity index (χ0n) is 14.5. The highest BCUT2D eigenvalue weighted by Gasteiger charge is 2.12. The second kappa shape index (κ2) is 7.86. The minimum absolute atomic E-state index is 0.149. The van der Waals surface area contributed by atoms with E-state index in [1.165, 1.54) is 5.56 Å². The molecule has 0 unspecified atom stereocenters. The second-order valence-electron chi connectivity index (χ2n) is 6.71. The molecule has 128 valence electrons. The van der Waals surface area contributed by atoms with E-state index in [0.29, 0.717) is 18.8 Å². The molecule has 1 amide bonds. The van der Waals surface area contributed by atoms with Crippen LogP contribution in [0.4, 0.5) is 0 Å². The van der Waals surface area contributed by atoms with Gasteiger partial charge in [-0.25, -0.2) is 0 Å². The molecule has 2 aromatic rings. The Hall–Kier alpha value is -2.49. The lowest BCUT2D eigenvalue weighted by atomic mass is 9.87. The molecule has 0 aliphatic heterocycles. The van der Waals surface area contributed by atoms with Crippen molar-refractivity contribution in [2.24, 2.45) is 5.73 Å². The summed E-state index contributed by atoms with van der Waals surface area (Å²) >= 11 is 0. The third-order valence-electron chi connectivity index (χ3n) is 3.69. The van der Waals surface area contributed by atoms with Crippen LogP contribution in [0.1, 0.15) is 43.1 Å². The lowest BCUT2D eigenvalue weighted by molar-refractivity contribution is 0.100. The normalized spacial score (nSPS) is 11.1. The number of carbonyl (C=O) groups excluding carboxylic acids is 1. The fourth-order valence-corrected chi connectivity index (χ4v) is 2.21. The maximum absolute atomic E-state index is 11.0. The van der Waals surface area contributed by atoms with Crippen LogP contribution in [0, 0.1) is 0 Å². The molecular formula is C20H25NO3. The van der Waals surface area contributed by atoms with Crippen molar-refractivity contribution in [2.45, 2.75) is 32.6 Å². The van der Waals surface area contributed by atoms with Crippen LogP contribution in [0.2, 0.25) is 0 Å². The molecule has 4 nitrogen and oxygen atoms in total. The summed E-state index contributed by atoms with van der Waals surface area (Å²) in [6.45, 7) is 7.72. The molecule has 0 atom stereocenters. The van der Waals surface area contributed by atoms with Gasteiger partial charge in [0.25, 0.3) is 0 Å². The number of primary amides is 1. The highest BCUT2D eigenvalue weighted by atomic mass is 16.5. The Labute approximate surface area is 143 Å². The van der Waals surface area contributed by atoms with Crippen molar-refractivity contribution in [3.63, 3.8) is 0 Å². The molecule has 2 aromatic carbocycles. The summed E-state index contributed by atoms with van der Waals surface area (Å²) < 4.78 is 11.3. The molecule has 0 aliphatic carbocycles. The SMILES string of the molecule is CC(C)(C)c1ccc(OCCCOc2ccc(C(N)=O)cc2)cc1. The van der Waals surface area contributed by atoms with Gasteiger partial charge in [0.1, 0.15) is 11.5 Å². The first kappa shape index (κ1) is 17.9. The van der Waals surface area contributed by atoms with E-state index in [4.69, 9.17) is 15.2 Å². The van der Waals surface area contributed by atoms with Gasteiger partial charge in [-0.1, -0.05) is 32.9 Å². The van der Waals surface area contributed by atoms with Crippen LogP contribution in [0.15, 0.2) is 48.5 Å². The Balaban J connectivity index is 1.70. The van der Waals surface area contributed by atoms with Gasteiger partial charge in [-0.3, -0.25) is 4.79 Å². The summed E-state index contributed by atoms with van der Waals surface area (Å²) in [6.07, 6.45) is 0.776. The minimum atomic E-state index is -0.438. The number of benzene rings is 2. The topological polar surface area (TPSA) is 61.6 Å². The molecular weight excluding hydrogens is 302 g/mol. The van der Waals surface area contributed by atoms with Gasteiger partial charge in [0.05, 0.1) is 13.2 Å². The summed E-state index contributed by atoms with van der Waals surface area (Å²) in [7, 11) is 0. The molecule has 0 aromatic heterocycles. The Morgan fingerprint density at radius 2 is 1.33 bits per heavy atom. The van der Waals surface area contributed by atoms with E-state index in [1.807, 2.05) is 12.1 Å². The number of ether oxygens (including phenoxy) is 2. The van der Waals surface area contributed by atoms with Crippen molar-refractivity contribution in [1.29, 1.82) is 0 Å². The molecule has 0 saturated heterocycles. The van der Waals surface area contributed by atoms with Gasteiger partial charge in [-0.15, -0.1) is 0 Å². The Kier molecular flexibility index (Phi) is 5.85. The van der Waals surface area contributed by atoms with Gasteiger partial charge >= 0.3 is 0 Å². The van der Waals surface area contributed by atoms with E-state index < -0.39 is 5.91 Å². The van der Waals surface area contributed by atoms with Crippen LogP contribution < -0.4 is 15.2 Å².